The minimum absolute atomic E-state index is 0.103. The topological polar surface area (TPSA) is 29.1 Å². The minimum Gasteiger partial charge on any atom is -0.338 e. The third-order valence-electron chi connectivity index (χ3n) is 1.91. The SMILES string of the molecule is C#CC(CCC)NC(=O)c1csc(Br)c1. The van der Waals surface area contributed by atoms with E-state index in [9.17, 15) is 4.79 Å². The lowest BCUT2D eigenvalue weighted by atomic mass is 10.1. The molecule has 1 aromatic heterocycles. The normalized spacial score (nSPS) is 11.8. The van der Waals surface area contributed by atoms with E-state index in [2.05, 4.69) is 27.2 Å². The maximum atomic E-state index is 11.7. The summed E-state index contributed by atoms with van der Waals surface area (Å²) < 4.78 is 0.945. The van der Waals surface area contributed by atoms with E-state index in [0.717, 1.165) is 16.6 Å². The summed E-state index contributed by atoms with van der Waals surface area (Å²) in [6.45, 7) is 2.04. The zero-order valence-corrected chi connectivity index (χ0v) is 10.8. The Balaban J connectivity index is 2.59. The maximum absolute atomic E-state index is 11.7. The van der Waals surface area contributed by atoms with Crippen molar-refractivity contribution >= 4 is 33.2 Å². The van der Waals surface area contributed by atoms with E-state index >= 15 is 0 Å². The molecule has 1 N–H and O–H groups in total. The Bertz CT molecular complexity index is 380. The molecule has 1 amide bonds. The van der Waals surface area contributed by atoms with Crippen LogP contribution in [0.1, 0.15) is 30.1 Å². The number of nitrogens with one attached hydrogen (secondary N) is 1. The number of carbonyl (C=O) groups excluding carboxylic acids is 1. The van der Waals surface area contributed by atoms with Crippen molar-refractivity contribution in [1.29, 1.82) is 0 Å². The van der Waals surface area contributed by atoms with Crippen molar-refractivity contribution in [3.05, 3.63) is 20.8 Å². The quantitative estimate of drug-likeness (QED) is 0.847. The monoisotopic (exact) mass is 285 g/mol. The first kappa shape index (κ1) is 12.3. The van der Waals surface area contributed by atoms with Gasteiger partial charge in [-0.15, -0.1) is 17.8 Å². The van der Waals surface area contributed by atoms with Crippen molar-refractivity contribution in [3.63, 3.8) is 0 Å². The molecule has 0 aliphatic carbocycles. The fourth-order valence-electron chi connectivity index (χ4n) is 1.16. The minimum atomic E-state index is -0.166. The first-order valence-electron chi connectivity index (χ1n) is 4.68. The van der Waals surface area contributed by atoms with Crippen LogP contribution in [0.3, 0.4) is 0 Å². The van der Waals surface area contributed by atoms with E-state index < -0.39 is 0 Å². The average Bonchev–Trinajstić information content (AvgIpc) is 2.64. The number of hydrogen-bond donors (Lipinski definition) is 1. The molecular formula is C11H12BrNOS. The fraction of sp³-hybridized carbons (Fsp3) is 0.364. The van der Waals surface area contributed by atoms with Gasteiger partial charge in [0.05, 0.1) is 15.4 Å². The largest absolute Gasteiger partial charge is 0.338 e. The fourth-order valence-corrected chi connectivity index (χ4v) is 2.29. The van der Waals surface area contributed by atoms with Crippen molar-refractivity contribution in [1.82, 2.24) is 5.32 Å². The van der Waals surface area contributed by atoms with Crippen molar-refractivity contribution in [3.8, 4) is 12.3 Å². The van der Waals surface area contributed by atoms with Gasteiger partial charge in [0, 0.05) is 5.38 Å². The lowest BCUT2D eigenvalue weighted by Crippen LogP contribution is -2.33. The average molecular weight is 286 g/mol. The Morgan fingerprint density at radius 2 is 2.53 bits per heavy atom. The number of amides is 1. The summed E-state index contributed by atoms with van der Waals surface area (Å²) in [5.41, 5.74) is 0.656. The van der Waals surface area contributed by atoms with Crippen LogP contribution in [0.5, 0.6) is 0 Å². The summed E-state index contributed by atoms with van der Waals surface area (Å²) in [6, 6.07) is 1.63. The predicted molar refractivity (Wildman–Crippen MR) is 67.0 cm³/mol. The summed E-state index contributed by atoms with van der Waals surface area (Å²) in [5.74, 6) is 2.47. The molecule has 0 spiro atoms. The highest BCUT2D eigenvalue weighted by Crippen LogP contribution is 2.20. The van der Waals surface area contributed by atoms with Gasteiger partial charge < -0.3 is 5.32 Å². The zero-order valence-electron chi connectivity index (χ0n) is 8.42. The number of hydrogen-bond acceptors (Lipinski definition) is 2. The Morgan fingerprint density at radius 1 is 1.80 bits per heavy atom. The van der Waals surface area contributed by atoms with Crippen molar-refractivity contribution in [2.75, 3.05) is 0 Å². The molecule has 1 rings (SSSR count). The van der Waals surface area contributed by atoms with Gasteiger partial charge in [-0.05, 0) is 28.4 Å². The van der Waals surface area contributed by atoms with Crippen molar-refractivity contribution in [2.45, 2.75) is 25.8 Å². The van der Waals surface area contributed by atoms with Crippen LogP contribution >= 0.6 is 27.3 Å². The molecule has 0 saturated heterocycles. The van der Waals surface area contributed by atoms with Crippen LogP contribution in [0.25, 0.3) is 0 Å². The van der Waals surface area contributed by atoms with E-state index in [1.54, 1.807) is 11.4 Å². The van der Waals surface area contributed by atoms with Crippen LogP contribution < -0.4 is 5.32 Å². The van der Waals surface area contributed by atoms with Gasteiger partial charge in [-0.3, -0.25) is 4.79 Å². The van der Waals surface area contributed by atoms with Gasteiger partial charge in [-0.25, -0.2) is 0 Å². The number of halogens is 1. The summed E-state index contributed by atoms with van der Waals surface area (Å²) in [7, 11) is 0. The third kappa shape index (κ3) is 3.69. The van der Waals surface area contributed by atoms with Crippen LogP contribution in [0.4, 0.5) is 0 Å². The van der Waals surface area contributed by atoms with Crippen molar-refractivity contribution < 1.29 is 4.79 Å². The van der Waals surface area contributed by atoms with Gasteiger partial charge >= 0.3 is 0 Å². The van der Waals surface area contributed by atoms with E-state index in [-0.39, 0.29) is 11.9 Å². The Morgan fingerprint density at radius 3 is 3.00 bits per heavy atom. The molecule has 0 fully saturated rings. The summed E-state index contributed by atoms with van der Waals surface area (Å²) >= 11 is 4.80. The molecule has 15 heavy (non-hydrogen) atoms. The lowest BCUT2D eigenvalue weighted by molar-refractivity contribution is 0.0944. The Labute approximate surface area is 102 Å². The second kappa shape index (κ2) is 5.94. The number of carbonyl (C=O) groups is 1. The number of rotatable bonds is 4. The third-order valence-corrected chi connectivity index (χ3v) is 3.42. The lowest BCUT2D eigenvalue weighted by Gasteiger charge is -2.10. The van der Waals surface area contributed by atoms with E-state index in [1.807, 2.05) is 6.92 Å². The second-order valence-electron chi connectivity index (χ2n) is 3.12. The van der Waals surface area contributed by atoms with Crippen LogP contribution in [-0.2, 0) is 0 Å². The maximum Gasteiger partial charge on any atom is 0.253 e. The van der Waals surface area contributed by atoms with Gasteiger partial charge in [0.15, 0.2) is 0 Å². The van der Waals surface area contributed by atoms with E-state index in [0.29, 0.717) is 5.56 Å². The molecule has 1 unspecified atom stereocenters. The van der Waals surface area contributed by atoms with Crippen LogP contribution in [0, 0.1) is 12.3 Å². The molecule has 80 valence electrons. The predicted octanol–water partition coefficient (Wildman–Crippen LogP) is 3.04. The zero-order chi connectivity index (χ0) is 11.3. The van der Waals surface area contributed by atoms with Gasteiger partial charge in [0.25, 0.3) is 5.91 Å². The highest BCUT2D eigenvalue weighted by atomic mass is 79.9. The molecule has 0 aromatic carbocycles. The molecular weight excluding hydrogens is 274 g/mol. The first-order valence-corrected chi connectivity index (χ1v) is 6.35. The number of thiophene rings is 1. The van der Waals surface area contributed by atoms with Crippen molar-refractivity contribution in [2.24, 2.45) is 0 Å². The molecule has 0 bridgehead atoms. The van der Waals surface area contributed by atoms with Crippen LogP contribution in [0.2, 0.25) is 0 Å². The highest BCUT2D eigenvalue weighted by molar-refractivity contribution is 9.11. The summed E-state index contributed by atoms with van der Waals surface area (Å²) in [4.78, 5) is 11.7. The molecule has 1 heterocycles. The van der Waals surface area contributed by atoms with Gasteiger partial charge in [-0.2, -0.15) is 0 Å². The Hall–Kier alpha value is -0.790. The Kier molecular flexibility index (Phi) is 4.86. The summed E-state index contributed by atoms with van der Waals surface area (Å²) in [6.07, 6.45) is 7.09. The molecule has 0 radical (unpaired) electrons. The van der Waals surface area contributed by atoms with Crippen LogP contribution in [0.15, 0.2) is 15.2 Å². The van der Waals surface area contributed by atoms with Gasteiger partial charge in [-0.1, -0.05) is 19.3 Å². The molecule has 0 aliphatic heterocycles. The smallest absolute Gasteiger partial charge is 0.253 e. The molecule has 4 heteroatoms. The van der Waals surface area contributed by atoms with Gasteiger partial charge in [0.2, 0.25) is 0 Å². The standard InChI is InChI=1S/C11H12BrNOS/c1-3-5-9(4-2)13-11(14)8-6-10(12)15-7-8/h2,6-7,9H,3,5H2,1H3,(H,13,14). The second-order valence-corrected chi connectivity index (χ2v) is 5.41. The number of terminal acetylenes is 1. The summed E-state index contributed by atoms with van der Waals surface area (Å²) in [5, 5.41) is 4.61. The molecule has 1 aromatic rings. The highest BCUT2D eigenvalue weighted by Gasteiger charge is 2.11. The molecule has 0 aliphatic rings. The molecule has 1 atom stereocenters. The van der Waals surface area contributed by atoms with E-state index in [4.69, 9.17) is 6.42 Å². The van der Waals surface area contributed by atoms with E-state index in [1.165, 1.54) is 11.3 Å². The van der Waals surface area contributed by atoms with Crippen LogP contribution in [-0.4, -0.2) is 11.9 Å². The molecule has 2 nitrogen and oxygen atoms in total. The first-order chi connectivity index (χ1) is 7.17. The molecule has 0 saturated carbocycles. The van der Waals surface area contributed by atoms with Gasteiger partial charge in [0.1, 0.15) is 0 Å².